The molecule has 3 nitrogen and oxygen atoms in total. The van der Waals surface area contributed by atoms with Crippen LogP contribution in [0.25, 0.3) is 11.1 Å². The predicted molar refractivity (Wildman–Crippen MR) is 59.6 cm³/mol. The quantitative estimate of drug-likeness (QED) is 0.490. The van der Waals surface area contributed by atoms with Crippen LogP contribution in [-0.4, -0.2) is 10.2 Å². The van der Waals surface area contributed by atoms with Crippen molar-refractivity contribution in [3.05, 3.63) is 42.5 Å². The minimum absolute atomic E-state index is 0.122. The topological polar surface area (TPSA) is 66.5 Å². The Labute approximate surface area is 87.4 Å². The number of para-hydroxylation sites is 1. The number of rotatable bonds is 1. The summed E-state index contributed by atoms with van der Waals surface area (Å²) in [4.78, 5) is 0. The van der Waals surface area contributed by atoms with E-state index in [2.05, 4.69) is 0 Å². The normalized spacial score (nSPS) is 10.1. The highest BCUT2D eigenvalue weighted by molar-refractivity contribution is 5.75. The molecule has 4 N–H and O–H groups in total. The van der Waals surface area contributed by atoms with E-state index in [1.54, 1.807) is 30.3 Å². The van der Waals surface area contributed by atoms with Gasteiger partial charge in [0, 0.05) is 11.3 Å². The van der Waals surface area contributed by atoms with Gasteiger partial charge in [-0.2, -0.15) is 0 Å². The predicted octanol–water partition coefficient (Wildman–Crippen LogP) is 2.35. The minimum Gasteiger partial charge on any atom is -0.504 e. The summed E-state index contributed by atoms with van der Waals surface area (Å²) >= 11 is 0. The summed E-state index contributed by atoms with van der Waals surface area (Å²) in [6.45, 7) is 0. The van der Waals surface area contributed by atoms with Crippen molar-refractivity contribution in [3.8, 4) is 22.6 Å². The summed E-state index contributed by atoms with van der Waals surface area (Å²) in [6, 6.07) is 12.0. The average molecular weight is 201 g/mol. The molecule has 0 aromatic heterocycles. The number of benzene rings is 2. The highest BCUT2D eigenvalue weighted by atomic mass is 16.3. The van der Waals surface area contributed by atoms with E-state index in [9.17, 15) is 10.2 Å². The van der Waals surface area contributed by atoms with Crippen molar-refractivity contribution in [2.75, 3.05) is 5.73 Å². The number of aromatic hydroxyl groups is 2. The fourth-order valence-electron chi connectivity index (χ4n) is 1.47. The molecule has 2 rings (SSSR count). The number of nitrogens with two attached hydrogens (primary N) is 1. The second-order valence-corrected chi connectivity index (χ2v) is 3.30. The van der Waals surface area contributed by atoms with Crippen LogP contribution in [0.1, 0.15) is 0 Å². The van der Waals surface area contributed by atoms with Gasteiger partial charge in [-0.3, -0.25) is 0 Å². The van der Waals surface area contributed by atoms with Crippen molar-refractivity contribution in [2.24, 2.45) is 0 Å². The lowest BCUT2D eigenvalue weighted by molar-refractivity contribution is 0.405. The number of hydrogen-bond acceptors (Lipinski definition) is 3. The molecule has 0 unspecified atom stereocenters. The maximum absolute atomic E-state index is 9.65. The Kier molecular flexibility index (Phi) is 2.21. The zero-order valence-electron chi connectivity index (χ0n) is 8.01. The molecule has 0 radical (unpaired) electrons. The first-order valence-electron chi connectivity index (χ1n) is 4.55. The molecule has 0 bridgehead atoms. The van der Waals surface area contributed by atoms with Gasteiger partial charge in [-0.25, -0.2) is 0 Å². The van der Waals surface area contributed by atoms with Crippen LogP contribution in [0, 0.1) is 0 Å². The van der Waals surface area contributed by atoms with E-state index in [1.165, 1.54) is 6.07 Å². The molecular weight excluding hydrogens is 190 g/mol. The van der Waals surface area contributed by atoms with Crippen LogP contribution in [-0.2, 0) is 0 Å². The molecule has 3 heteroatoms. The monoisotopic (exact) mass is 201 g/mol. The molecule has 76 valence electrons. The Morgan fingerprint density at radius 2 is 1.67 bits per heavy atom. The maximum atomic E-state index is 9.65. The van der Waals surface area contributed by atoms with Crippen LogP contribution in [0.3, 0.4) is 0 Å². The zero-order valence-corrected chi connectivity index (χ0v) is 8.01. The molecule has 2 aromatic carbocycles. The van der Waals surface area contributed by atoms with E-state index in [-0.39, 0.29) is 11.5 Å². The summed E-state index contributed by atoms with van der Waals surface area (Å²) in [5.74, 6) is -0.252. The molecule has 0 fully saturated rings. The van der Waals surface area contributed by atoms with Crippen molar-refractivity contribution in [3.63, 3.8) is 0 Å². The van der Waals surface area contributed by atoms with Crippen LogP contribution < -0.4 is 5.73 Å². The Morgan fingerprint density at radius 1 is 0.933 bits per heavy atom. The molecule has 0 aliphatic heterocycles. The SMILES string of the molecule is Nc1cccc(-c2cccc(O)c2O)c1. The summed E-state index contributed by atoms with van der Waals surface area (Å²) in [5.41, 5.74) is 7.61. The molecule has 2 aromatic rings. The van der Waals surface area contributed by atoms with E-state index in [1.807, 2.05) is 6.07 Å². The fraction of sp³-hybridized carbons (Fsp3) is 0. The molecule has 0 aliphatic carbocycles. The first kappa shape index (κ1) is 9.40. The maximum Gasteiger partial charge on any atom is 0.165 e. The number of phenols is 2. The van der Waals surface area contributed by atoms with Gasteiger partial charge < -0.3 is 15.9 Å². The Morgan fingerprint density at radius 3 is 2.40 bits per heavy atom. The third kappa shape index (κ3) is 1.72. The van der Waals surface area contributed by atoms with Crippen LogP contribution >= 0.6 is 0 Å². The molecule has 0 spiro atoms. The molecule has 0 heterocycles. The first-order chi connectivity index (χ1) is 7.18. The third-order valence-corrected chi connectivity index (χ3v) is 2.21. The third-order valence-electron chi connectivity index (χ3n) is 2.21. The van der Waals surface area contributed by atoms with E-state index in [0.717, 1.165) is 5.56 Å². The smallest absolute Gasteiger partial charge is 0.165 e. The van der Waals surface area contributed by atoms with Crippen LogP contribution in [0.2, 0.25) is 0 Å². The van der Waals surface area contributed by atoms with Gasteiger partial charge in [0.2, 0.25) is 0 Å². The van der Waals surface area contributed by atoms with Gasteiger partial charge in [0.05, 0.1) is 0 Å². The molecular formula is C12H11NO2. The van der Waals surface area contributed by atoms with Gasteiger partial charge in [0.15, 0.2) is 11.5 Å². The van der Waals surface area contributed by atoms with Gasteiger partial charge in [-0.05, 0) is 23.8 Å². The fourth-order valence-corrected chi connectivity index (χ4v) is 1.47. The zero-order chi connectivity index (χ0) is 10.8. The molecule has 15 heavy (non-hydrogen) atoms. The summed E-state index contributed by atoms with van der Waals surface area (Å²) in [5, 5.41) is 19.0. The Bertz CT molecular complexity index is 495. The second-order valence-electron chi connectivity index (χ2n) is 3.30. The average Bonchev–Trinajstić information content (AvgIpc) is 2.22. The van der Waals surface area contributed by atoms with E-state index < -0.39 is 0 Å². The highest BCUT2D eigenvalue weighted by Crippen LogP contribution is 2.36. The number of hydrogen-bond donors (Lipinski definition) is 3. The molecule has 0 saturated heterocycles. The minimum atomic E-state index is -0.130. The second kappa shape index (κ2) is 3.53. The van der Waals surface area contributed by atoms with Crippen LogP contribution in [0.5, 0.6) is 11.5 Å². The van der Waals surface area contributed by atoms with Gasteiger partial charge in [0.1, 0.15) is 0 Å². The van der Waals surface area contributed by atoms with Gasteiger partial charge in [-0.1, -0.05) is 24.3 Å². The summed E-state index contributed by atoms with van der Waals surface area (Å²) in [7, 11) is 0. The van der Waals surface area contributed by atoms with Crippen molar-refractivity contribution < 1.29 is 10.2 Å². The number of nitrogen functional groups attached to an aromatic ring is 1. The molecule has 0 saturated carbocycles. The standard InChI is InChI=1S/C12H11NO2/c13-9-4-1-3-8(7-9)10-5-2-6-11(14)12(10)15/h1-7,14-15H,13H2. The lowest BCUT2D eigenvalue weighted by atomic mass is 10.0. The molecule has 0 atom stereocenters. The largest absolute Gasteiger partial charge is 0.504 e. The number of anilines is 1. The molecule has 0 aliphatic rings. The van der Waals surface area contributed by atoms with E-state index >= 15 is 0 Å². The van der Waals surface area contributed by atoms with Crippen LogP contribution in [0.4, 0.5) is 5.69 Å². The summed E-state index contributed by atoms with van der Waals surface area (Å²) < 4.78 is 0. The summed E-state index contributed by atoms with van der Waals surface area (Å²) in [6.07, 6.45) is 0. The molecule has 0 amide bonds. The number of phenolic OH excluding ortho intramolecular Hbond substituents is 2. The highest BCUT2D eigenvalue weighted by Gasteiger charge is 2.07. The Balaban J connectivity index is 2.59. The first-order valence-corrected chi connectivity index (χ1v) is 4.55. The van der Waals surface area contributed by atoms with E-state index in [4.69, 9.17) is 5.73 Å². The van der Waals surface area contributed by atoms with Crippen molar-refractivity contribution in [1.29, 1.82) is 0 Å². The Hall–Kier alpha value is -2.16. The van der Waals surface area contributed by atoms with Crippen molar-refractivity contribution >= 4 is 5.69 Å². The van der Waals surface area contributed by atoms with Crippen molar-refractivity contribution in [1.82, 2.24) is 0 Å². The van der Waals surface area contributed by atoms with Gasteiger partial charge in [-0.15, -0.1) is 0 Å². The lowest BCUT2D eigenvalue weighted by Crippen LogP contribution is -1.85. The lowest BCUT2D eigenvalue weighted by Gasteiger charge is -2.06. The van der Waals surface area contributed by atoms with Crippen LogP contribution in [0.15, 0.2) is 42.5 Å². The van der Waals surface area contributed by atoms with Crippen molar-refractivity contribution in [2.45, 2.75) is 0 Å². The van der Waals surface area contributed by atoms with Gasteiger partial charge >= 0.3 is 0 Å². The van der Waals surface area contributed by atoms with Gasteiger partial charge in [0.25, 0.3) is 0 Å². The van der Waals surface area contributed by atoms with E-state index in [0.29, 0.717) is 11.3 Å².